The third-order valence-electron chi connectivity index (χ3n) is 5.29. The van der Waals surface area contributed by atoms with E-state index in [2.05, 4.69) is 32.9 Å². The largest absolute Gasteiger partial charge is 0.386 e. The molecule has 2 aromatic heterocycles. The van der Waals surface area contributed by atoms with Crippen molar-refractivity contribution in [1.82, 2.24) is 19.3 Å². The number of hydrogen-bond donors (Lipinski definition) is 1. The zero-order valence-corrected chi connectivity index (χ0v) is 12.9. The molecule has 0 amide bonds. The smallest absolute Gasteiger partial charge is 0.103 e. The molecule has 0 saturated carbocycles. The summed E-state index contributed by atoms with van der Waals surface area (Å²) in [4.78, 5) is 4.29. The van der Waals surface area contributed by atoms with E-state index < -0.39 is 6.10 Å². The number of imidazole rings is 1. The standard InChI is InChI=1S/C18H15N5O/c19-7-11-8-21-23-6-5-14(18(24)16(11)23)17-13-4-2-1-3-12(13)15-9-20-10-22(15)17/h1-4,8-10,14,17-18,24H,5-6H2/t14-,17-,18+/m1/s1. The van der Waals surface area contributed by atoms with Crippen LogP contribution in [0.15, 0.2) is 43.0 Å². The quantitative estimate of drug-likeness (QED) is 0.746. The van der Waals surface area contributed by atoms with Crippen molar-refractivity contribution in [2.24, 2.45) is 5.92 Å². The highest BCUT2D eigenvalue weighted by molar-refractivity contribution is 5.69. The van der Waals surface area contributed by atoms with Crippen LogP contribution in [0.1, 0.15) is 35.4 Å². The van der Waals surface area contributed by atoms with Gasteiger partial charge in [0.1, 0.15) is 12.2 Å². The van der Waals surface area contributed by atoms with Gasteiger partial charge < -0.3 is 9.67 Å². The van der Waals surface area contributed by atoms with Crippen molar-refractivity contribution < 1.29 is 5.11 Å². The molecule has 0 saturated heterocycles. The highest BCUT2D eigenvalue weighted by atomic mass is 16.3. The van der Waals surface area contributed by atoms with Gasteiger partial charge in [-0.15, -0.1) is 0 Å². The van der Waals surface area contributed by atoms with Crippen molar-refractivity contribution in [2.45, 2.75) is 25.1 Å². The van der Waals surface area contributed by atoms with Crippen LogP contribution in [-0.2, 0) is 6.54 Å². The van der Waals surface area contributed by atoms with Crippen molar-refractivity contribution in [2.75, 3.05) is 0 Å². The van der Waals surface area contributed by atoms with Crippen molar-refractivity contribution in [3.63, 3.8) is 0 Å². The summed E-state index contributed by atoms with van der Waals surface area (Å²) >= 11 is 0. The number of aliphatic hydroxyl groups excluding tert-OH is 1. The van der Waals surface area contributed by atoms with Crippen LogP contribution < -0.4 is 0 Å². The lowest BCUT2D eigenvalue weighted by Crippen LogP contribution is -2.31. The minimum absolute atomic E-state index is 0.0158. The second-order valence-electron chi connectivity index (χ2n) is 6.39. The third-order valence-corrected chi connectivity index (χ3v) is 5.29. The minimum Gasteiger partial charge on any atom is -0.386 e. The van der Waals surface area contributed by atoms with Crippen molar-refractivity contribution in [1.29, 1.82) is 5.26 Å². The van der Waals surface area contributed by atoms with E-state index in [9.17, 15) is 10.4 Å². The molecular weight excluding hydrogens is 302 g/mol. The van der Waals surface area contributed by atoms with Crippen molar-refractivity contribution in [3.05, 3.63) is 59.8 Å². The molecule has 3 aromatic rings. The summed E-state index contributed by atoms with van der Waals surface area (Å²) < 4.78 is 3.91. The molecule has 5 rings (SSSR count). The lowest BCUT2D eigenvalue weighted by atomic mass is 9.82. The fourth-order valence-electron chi connectivity index (χ4n) is 4.24. The predicted octanol–water partition coefficient (Wildman–Crippen LogP) is 2.27. The van der Waals surface area contributed by atoms with E-state index >= 15 is 0 Å². The van der Waals surface area contributed by atoms with Crippen LogP contribution in [0.3, 0.4) is 0 Å². The van der Waals surface area contributed by atoms with Gasteiger partial charge in [0.15, 0.2) is 0 Å². The summed E-state index contributed by atoms with van der Waals surface area (Å²) in [6.07, 6.45) is 5.34. The van der Waals surface area contributed by atoms with E-state index in [1.165, 1.54) is 11.1 Å². The van der Waals surface area contributed by atoms with Gasteiger partial charge in [0.05, 0.1) is 41.7 Å². The molecular formula is C18H15N5O. The molecule has 0 aliphatic carbocycles. The number of aromatic nitrogens is 4. The SMILES string of the molecule is N#Cc1cnn2c1[C@@H](O)[C@@H]([C@H]1c3ccccc3-c3cncn31)CC2. The van der Waals surface area contributed by atoms with Crippen LogP contribution in [0, 0.1) is 17.2 Å². The van der Waals surface area contributed by atoms with Gasteiger partial charge in [-0.2, -0.15) is 10.4 Å². The fraction of sp³-hybridized carbons (Fsp3) is 0.278. The highest BCUT2D eigenvalue weighted by Crippen LogP contribution is 2.49. The minimum atomic E-state index is -0.720. The lowest BCUT2D eigenvalue weighted by molar-refractivity contribution is 0.0523. The molecule has 6 heteroatoms. The molecule has 1 N–H and O–H groups in total. The Balaban J connectivity index is 1.64. The van der Waals surface area contributed by atoms with Gasteiger partial charge >= 0.3 is 0 Å². The number of aryl methyl sites for hydroxylation is 1. The molecule has 6 nitrogen and oxygen atoms in total. The zero-order chi connectivity index (χ0) is 16.3. The highest BCUT2D eigenvalue weighted by Gasteiger charge is 2.41. The Morgan fingerprint density at radius 2 is 2.12 bits per heavy atom. The van der Waals surface area contributed by atoms with E-state index in [0.29, 0.717) is 17.8 Å². The number of benzene rings is 1. The topological polar surface area (TPSA) is 79.7 Å². The first-order chi connectivity index (χ1) is 11.8. The Morgan fingerprint density at radius 3 is 3.00 bits per heavy atom. The predicted molar refractivity (Wildman–Crippen MR) is 85.8 cm³/mol. The molecule has 0 bridgehead atoms. The maximum absolute atomic E-state index is 11.0. The molecule has 0 spiro atoms. The summed E-state index contributed by atoms with van der Waals surface area (Å²) in [5.74, 6) is -0.0158. The van der Waals surface area contributed by atoms with E-state index in [-0.39, 0.29) is 12.0 Å². The number of rotatable bonds is 1. The second kappa shape index (κ2) is 4.79. The first-order valence-electron chi connectivity index (χ1n) is 8.04. The van der Waals surface area contributed by atoms with Gasteiger partial charge in [0, 0.05) is 18.0 Å². The summed E-state index contributed by atoms with van der Waals surface area (Å²) in [6.45, 7) is 0.710. The normalized spacial score (nSPS) is 24.1. The molecule has 0 unspecified atom stereocenters. The van der Waals surface area contributed by atoms with Gasteiger partial charge in [-0.3, -0.25) is 4.68 Å². The molecule has 3 atom stereocenters. The number of hydrogen-bond acceptors (Lipinski definition) is 4. The fourth-order valence-corrected chi connectivity index (χ4v) is 4.24. The van der Waals surface area contributed by atoms with Crippen molar-refractivity contribution >= 4 is 0 Å². The first-order valence-corrected chi connectivity index (χ1v) is 8.04. The molecule has 2 aliphatic rings. The van der Waals surface area contributed by atoms with Gasteiger partial charge in [-0.1, -0.05) is 24.3 Å². The van der Waals surface area contributed by atoms with E-state index in [4.69, 9.17) is 0 Å². The molecule has 24 heavy (non-hydrogen) atoms. The Hall–Kier alpha value is -2.91. The number of aliphatic hydroxyl groups is 1. The van der Waals surface area contributed by atoms with E-state index in [1.54, 1.807) is 10.9 Å². The Kier molecular flexibility index (Phi) is 2.70. The van der Waals surface area contributed by atoms with Crippen LogP contribution in [0.25, 0.3) is 11.3 Å². The molecule has 2 aliphatic heterocycles. The summed E-state index contributed by atoms with van der Waals surface area (Å²) in [7, 11) is 0. The van der Waals surface area contributed by atoms with Gasteiger partial charge in [-0.05, 0) is 12.0 Å². The third kappa shape index (κ3) is 1.62. The monoisotopic (exact) mass is 317 g/mol. The van der Waals surface area contributed by atoms with Crippen LogP contribution in [0.4, 0.5) is 0 Å². The molecule has 118 valence electrons. The lowest BCUT2D eigenvalue weighted by Gasteiger charge is -2.34. The maximum atomic E-state index is 11.0. The molecule has 1 aromatic carbocycles. The van der Waals surface area contributed by atoms with Crippen LogP contribution in [0.2, 0.25) is 0 Å². The summed E-state index contributed by atoms with van der Waals surface area (Å²) in [5.41, 5.74) is 4.57. The molecule has 4 heterocycles. The Bertz CT molecular complexity index is 979. The second-order valence-corrected chi connectivity index (χ2v) is 6.39. The Morgan fingerprint density at radius 1 is 1.25 bits per heavy atom. The van der Waals surface area contributed by atoms with Crippen LogP contribution in [-0.4, -0.2) is 24.4 Å². The van der Waals surface area contributed by atoms with Gasteiger partial charge in [-0.25, -0.2) is 4.98 Å². The molecule has 0 fully saturated rings. The van der Waals surface area contributed by atoms with Crippen molar-refractivity contribution in [3.8, 4) is 17.3 Å². The molecule has 0 radical (unpaired) electrons. The average molecular weight is 317 g/mol. The van der Waals surface area contributed by atoms with Gasteiger partial charge in [0.25, 0.3) is 0 Å². The number of fused-ring (bicyclic) bond motifs is 4. The number of nitriles is 1. The average Bonchev–Trinajstić information content (AvgIpc) is 3.29. The van der Waals surface area contributed by atoms with Crippen LogP contribution >= 0.6 is 0 Å². The van der Waals surface area contributed by atoms with E-state index in [0.717, 1.165) is 12.1 Å². The first kappa shape index (κ1) is 13.5. The number of nitrogens with zero attached hydrogens (tertiary/aromatic N) is 5. The maximum Gasteiger partial charge on any atom is 0.103 e. The Labute approximate surface area is 138 Å². The summed E-state index contributed by atoms with van der Waals surface area (Å²) in [6, 6.07) is 10.5. The summed E-state index contributed by atoms with van der Waals surface area (Å²) in [5, 5.41) is 24.6. The van der Waals surface area contributed by atoms with E-state index in [1.807, 2.05) is 24.7 Å². The van der Waals surface area contributed by atoms with Gasteiger partial charge in [0.2, 0.25) is 0 Å². The zero-order valence-electron chi connectivity index (χ0n) is 12.9. The van der Waals surface area contributed by atoms with Crippen LogP contribution in [0.5, 0.6) is 0 Å².